The van der Waals surface area contributed by atoms with E-state index in [4.69, 9.17) is 5.26 Å². The van der Waals surface area contributed by atoms with Crippen LogP contribution in [0.25, 0.3) is 11.3 Å². The van der Waals surface area contributed by atoms with Crippen molar-refractivity contribution in [1.29, 1.82) is 5.26 Å². The van der Waals surface area contributed by atoms with Crippen molar-refractivity contribution in [2.45, 2.75) is 52.5 Å². The molecule has 0 bridgehead atoms. The number of hydrogen-bond acceptors (Lipinski definition) is 4. The van der Waals surface area contributed by atoms with Gasteiger partial charge in [0.05, 0.1) is 5.69 Å². The van der Waals surface area contributed by atoms with E-state index in [1.165, 1.54) is 6.07 Å². The number of hydrogen-bond donors (Lipinski definition) is 1. The Kier molecular flexibility index (Phi) is 7.31. The summed E-state index contributed by atoms with van der Waals surface area (Å²) in [7, 11) is 0. The van der Waals surface area contributed by atoms with Gasteiger partial charge >= 0.3 is 0 Å². The zero-order valence-electron chi connectivity index (χ0n) is 15.7. The fourth-order valence-corrected chi connectivity index (χ4v) is 2.88. The smallest absolute Gasteiger partial charge is 0.232 e. The summed E-state index contributed by atoms with van der Waals surface area (Å²) in [6.07, 6.45) is 3.42. The Labute approximate surface area is 157 Å². The van der Waals surface area contributed by atoms with Crippen LogP contribution in [0, 0.1) is 35.7 Å². The minimum absolute atomic E-state index is 0.0732. The van der Waals surface area contributed by atoms with Crippen LogP contribution in [0.15, 0.2) is 12.1 Å². The highest BCUT2D eigenvalue weighted by Crippen LogP contribution is 2.27. The van der Waals surface area contributed by atoms with Gasteiger partial charge in [0.25, 0.3) is 0 Å². The van der Waals surface area contributed by atoms with E-state index in [0.717, 1.165) is 38.8 Å². The molecule has 0 saturated heterocycles. The predicted octanol–water partition coefficient (Wildman–Crippen LogP) is 4.45. The summed E-state index contributed by atoms with van der Waals surface area (Å²) in [5.41, 5.74) is 0.0356. The van der Waals surface area contributed by atoms with E-state index >= 15 is 0 Å². The molecule has 0 atom stereocenters. The SMILES string of the molecule is CCC(CC)NCCCc1cc(-c2cc(F)c(F)c(C)c2F)nc(C#N)n1. The molecule has 0 amide bonds. The first kappa shape index (κ1) is 20.8. The molecule has 1 heterocycles. The summed E-state index contributed by atoms with van der Waals surface area (Å²) in [5.74, 6) is -3.40. The van der Waals surface area contributed by atoms with Gasteiger partial charge < -0.3 is 5.32 Å². The van der Waals surface area contributed by atoms with Crippen molar-refractivity contribution in [2.24, 2.45) is 0 Å². The molecule has 144 valence electrons. The van der Waals surface area contributed by atoms with Crippen molar-refractivity contribution < 1.29 is 13.2 Å². The lowest BCUT2D eigenvalue weighted by atomic mass is 10.0. The average Bonchev–Trinajstić information content (AvgIpc) is 2.69. The Morgan fingerprint density at radius 2 is 1.81 bits per heavy atom. The Morgan fingerprint density at radius 1 is 1.11 bits per heavy atom. The minimum atomic E-state index is -1.22. The van der Waals surface area contributed by atoms with Crippen LogP contribution in [0.4, 0.5) is 13.2 Å². The molecule has 0 saturated carbocycles. The van der Waals surface area contributed by atoms with E-state index in [2.05, 4.69) is 29.1 Å². The van der Waals surface area contributed by atoms with E-state index < -0.39 is 23.0 Å². The fourth-order valence-electron chi connectivity index (χ4n) is 2.88. The van der Waals surface area contributed by atoms with Gasteiger partial charge in [0.2, 0.25) is 5.82 Å². The molecule has 0 aliphatic rings. The third kappa shape index (κ3) is 5.04. The molecule has 0 spiro atoms. The molecular weight excluding hydrogens is 353 g/mol. The van der Waals surface area contributed by atoms with Gasteiger partial charge in [0.1, 0.15) is 11.9 Å². The summed E-state index contributed by atoms with van der Waals surface area (Å²) >= 11 is 0. The molecule has 2 rings (SSSR count). The molecule has 0 aliphatic carbocycles. The molecule has 0 aliphatic heterocycles. The van der Waals surface area contributed by atoms with Crippen LogP contribution in [0.3, 0.4) is 0 Å². The van der Waals surface area contributed by atoms with E-state index in [-0.39, 0.29) is 17.1 Å². The van der Waals surface area contributed by atoms with Crippen LogP contribution in [0.1, 0.15) is 50.2 Å². The molecule has 4 nitrogen and oxygen atoms in total. The lowest BCUT2D eigenvalue weighted by Gasteiger charge is -2.14. The number of nitriles is 1. The van der Waals surface area contributed by atoms with Crippen LogP contribution in [0.5, 0.6) is 0 Å². The number of nitrogens with one attached hydrogen (secondary N) is 1. The maximum atomic E-state index is 14.4. The topological polar surface area (TPSA) is 61.6 Å². The maximum absolute atomic E-state index is 14.4. The third-order valence-corrected chi connectivity index (χ3v) is 4.56. The molecule has 1 N–H and O–H groups in total. The fraction of sp³-hybridized carbons (Fsp3) is 0.450. The van der Waals surface area contributed by atoms with Gasteiger partial charge in [-0.2, -0.15) is 5.26 Å². The molecule has 0 unspecified atom stereocenters. The highest BCUT2D eigenvalue weighted by atomic mass is 19.2. The molecular formula is C20H23F3N4. The van der Waals surface area contributed by atoms with Gasteiger partial charge in [-0.05, 0) is 51.3 Å². The first-order valence-electron chi connectivity index (χ1n) is 9.07. The monoisotopic (exact) mass is 376 g/mol. The van der Waals surface area contributed by atoms with E-state index in [0.29, 0.717) is 18.2 Å². The van der Waals surface area contributed by atoms with Crippen LogP contribution in [-0.4, -0.2) is 22.6 Å². The number of rotatable bonds is 8. The molecule has 1 aromatic carbocycles. The second-order valence-corrected chi connectivity index (χ2v) is 6.41. The Hall–Kier alpha value is -2.46. The van der Waals surface area contributed by atoms with E-state index in [1.807, 2.05) is 6.07 Å². The number of aromatic nitrogens is 2. The van der Waals surface area contributed by atoms with Crippen molar-refractivity contribution in [2.75, 3.05) is 6.54 Å². The molecule has 0 fully saturated rings. The van der Waals surface area contributed by atoms with Gasteiger partial charge in [-0.15, -0.1) is 0 Å². The normalized spacial score (nSPS) is 11.0. The molecule has 2 aromatic rings. The average molecular weight is 376 g/mol. The van der Waals surface area contributed by atoms with Crippen molar-refractivity contribution in [3.8, 4) is 17.3 Å². The van der Waals surface area contributed by atoms with Crippen LogP contribution < -0.4 is 5.32 Å². The minimum Gasteiger partial charge on any atom is -0.314 e. The summed E-state index contributed by atoms with van der Waals surface area (Å²) < 4.78 is 41.7. The summed E-state index contributed by atoms with van der Waals surface area (Å²) in [6.45, 7) is 6.19. The Bertz CT molecular complexity index is 842. The number of benzene rings is 1. The number of halogens is 3. The van der Waals surface area contributed by atoms with Crippen LogP contribution in [-0.2, 0) is 6.42 Å². The highest BCUT2D eigenvalue weighted by molar-refractivity contribution is 5.62. The number of nitrogens with zero attached hydrogens (tertiary/aromatic N) is 3. The lowest BCUT2D eigenvalue weighted by molar-refractivity contribution is 0.478. The first-order valence-corrected chi connectivity index (χ1v) is 9.07. The standard InChI is InChI=1S/C20H23F3N4/c1-4-13(5-2)25-8-6-7-14-9-17(27-18(11-24)26-14)15-10-16(21)20(23)12(3)19(15)22/h9-10,13,25H,4-8H2,1-3H3. The predicted molar refractivity (Wildman–Crippen MR) is 97.5 cm³/mol. The lowest BCUT2D eigenvalue weighted by Crippen LogP contribution is -2.28. The zero-order chi connectivity index (χ0) is 20.0. The molecule has 7 heteroatoms. The van der Waals surface area contributed by atoms with Crippen molar-refractivity contribution in [1.82, 2.24) is 15.3 Å². The summed E-state index contributed by atoms with van der Waals surface area (Å²) in [6, 6.07) is 4.58. The van der Waals surface area contributed by atoms with Gasteiger partial charge in [-0.3, -0.25) is 0 Å². The second kappa shape index (κ2) is 9.47. The van der Waals surface area contributed by atoms with Gasteiger partial charge in [-0.25, -0.2) is 23.1 Å². The van der Waals surface area contributed by atoms with Gasteiger partial charge in [-0.1, -0.05) is 13.8 Å². The van der Waals surface area contributed by atoms with Crippen molar-refractivity contribution in [3.63, 3.8) is 0 Å². The van der Waals surface area contributed by atoms with Crippen LogP contribution >= 0.6 is 0 Å². The first-order chi connectivity index (χ1) is 12.9. The molecule has 27 heavy (non-hydrogen) atoms. The van der Waals surface area contributed by atoms with Gasteiger partial charge in [0.15, 0.2) is 11.6 Å². The van der Waals surface area contributed by atoms with Crippen molar-refractivity contribution in [3.05, 3.63) is 46.7 Å². The molecule has 1 aromatic heterocycles. The largest absolute Gasteiger partial charge is 0.314 e. The van der Waals surface area contributed by atoms with Crippen LogP contribution in [0.2, 0.25) is 0 Å². The number of aryl methyl sites for hydroxylation is 1. The maximum Gasteiger partial charge on any atom is 0.232 e. The van der Waals surface area contributed by atoms with Crippen molar-refractivity contribution >= 4 is 0 Å². The Morgan fingerprint density at radius 3 is 2.44 bits per heavy atom. The molecule has 0 radical (unpaired) electrons. The quantitative estimate of drug-likeness (QED) is 0.546. The van der Waals surface area contributed by atoms with E-state index in [9.17, 15) is 13.2 Å². The third-order valence-electron chi connectivity index (χ3n) is 4.56. The second-order valence-electron chi connectivity index (χ2n) is 6.41. The van der Waals surface area contributed by atoms with E-state index in [1.54, 1.807) is 0 Å². The summed E-state index contributed by atoms with van der Waals surface area (Å²) in [5, 5.41) is 12.6. The van der Waals surface area contributed by atoms with Gasteiger partial charge in [0, 0.05) is 22.9 Å². The Balaban J connectivity index is 2.25. The summed E-state index contributed by atoms with van der Waals surface area (Å²) in [4.78, 5) is 8.10. The zero-order valence-corrected chi connectivity index (χ0v) is 15.7. The highest BCUT2D eigenvalue weighted by Gasteiger charge is 2.18.